The third kappa shape index (κ3) is 3.93. The Morgan fingerprint density at radius 2 is 2.29 bits per heavy atom. The number of anilines is 1. The number of nitrogens with zero attached hydrogens (tertiary/aromatic N) is 1. The molecule has 3 heteroatoms. The number of piperidine rings is 1. The van der Waals surface area contributed by atoms with E-state index in [-0.39, 0.29) is 0 Å². The summed E-state index contributed by atoms with van der Waals surface area (Å²) in [5.74, 6) is 1.19. The van der Waals surface area contributed by atoms with Crippen LogP contribution in [0.5, 0.6) is 0 Å². The fraction of sp³-hybridized carbons (Fsp3) is 0.571. The van der Waals surface area contributed by atoms with E-state index in [2.05, 4.69) is 24.1 Å². The summed E-state index contributed by atoms with van der Waals surface area (Å²) in [5.41, 5.74) is 6.64. The van der Waals surface area contributed by atoms with Crippen LogP contribution in [0.2, 0.25) is 0 Å². The molecule has 1 aliphatic rings. The number of nitrogen functional groups attached to an aromatic ring is 1. The number of rotatable bonds is 4. The molecule has 2 rings (SSSR count). The Morgan fingerprint density at radius 1 is 1.41 bits per heavy atom. The third-order valence-corrected chi connectivity index (χ3v) is 4.53. The molecule has 0 radical (unpaired) electrons. The van der Waals surface area contributed by atoms with Crippen LogP contribution in [0.1, 0.15) is 25.7 Å². The molecule has 0 saturated carbocycles. The van der Waals surface area contributed by atoms with E-state index >= 15 is 0 Å². The fourth-order valence-electron chi connectivity index (χ4n) is 2.43. The molecule has 0 aliphatic carbocycles. The molecule has 94 valence electrons. The van der Waals surface area contributed by atoms with Crippen LogP contribution in [0.15, 0.2) is 29.2 Å². The minimum absolute atomic E-state index is 0.789. The minimum Gasteiger partial charge on any atom is -0.399 e. The normalized spacial score (nSPS) is 21.6. The Morgan fingerprint density at radius 3 is 3.06 bits per heavy atom. The van der Waals surface area contributed by atoms with E-state index in [0.717, 1.165) is 11.7 Å². The maximum absolute atomic E-state index is 5.77. The summed E-state index contributed by atoms with van der Waals surface area (Å²) in [6.45, 7) is 1.27. The summed E-state index contributed by atoms with van der Waals surface area (Å²) < 4.78 is 0. The lowest BCUT2D eigenvalue weighted by molar-refractivity contribution is 0.182. The predicted molar refractivity (Wildman–Crippen MR) is 76.5 cm³/mol. The molecule has 2 nitrogen and oxygen atoms in total. The Hall–Kier alpha value is -0.670. The van der Waals surface area contributed by atoms with Crippen LogP contribution in [-0.2, 0) is 0 Å². The number of nitrogens with two attached hydrogens (primary N) is 1. The van der Waals surface area contributed by atoms with Gasteiger partial charge in [0.05, 0.1) is 0 Å². The summed E-state index contributed by atoms with van der Waals surface area (Å²) in [7, 11) is 2.26. The summed E-state index contributed by atoms with van der Waals surface area (Å²) >= 11 is 1.92. The first-order valence-corrected chi connectivity index (χ1v) is 7.43. The molecule has 1 atom stereocenters. The third-order valence-electron chi connectivity index (χ3n) is 3.50. The van der Waals surface area contributed by atoms with Gasteiger partial charge in [0.15, 0.2) is 0 Å². The van der Waals surface area contributed by atoms with Crippen LogP contribution in [0.3, 0.4) is 0 Å². The lowest BCUT2D eigenvalue weighted by atomic mass is 10.0. The first kappa shape index (κ1) is 12.8. The Bertz CT molecular complexity index is 354. The summed E-state index contributed by atoms with van der Waals surface area (Å²) in [6, 6.07) is 8.97. The van der Waals surface area contributed by atoms with Gasteiger partial charge in [-0.15, -0.1) is 11.8 Å². The van der Waals surface area contributed by atoms with E-state index in [9.17, 15) is 0 Å². The van der Waals surface area contributed by atoms with Crippen molar-refractivity contribution in [3.63, 3.8) is 0 Å². The zero-order valence-electron chi connectivity index (χ0n) is 10.6. The van der Waals surface area contributed by atoms with Gasteiger partial charge in [-0.3, -0.25) is 0 Å². The van der Waals surface area contributed by atoms with Gasteiger partial charge in [-0.1, -0.05) is 12.5 Å². The van der Waals surface area contributed by atoms with Crippen LogP contribution < -0.4 is 5.73 Å². The number of thioether (sulfide) groups is 1. The molecule has 1 aromatic rings. The standard InChI is InChI=1S/C14H22N2S/c1-16-9-3-2-6-13(16)8-10-17-14-7-4-5-12(15)11-14/h4-5,7,11,13H,2-3,6,8-10,15H2,1H3. The smallest absolute Gasteiger partial charge is 0.0325 e. The molecule has 0 amide bonds. The lowest BCUT2D eigenvalue weighted by Gasteiger charge is -2.32. The van der Waals surface area contributed by atoms with Crippen molar-refractivity contribution in [3.05, 3.63) is 24.3 Å². The van der Waals surface area contributed by atoms with Gasteiger partial charge < -0.3 is 10.6 Å². The van der Waals surface area contributed by atoms with Crippen LogP contribution in [0, 0.1) is 0 Å². The topological polar surface area (TPSA) is 29.3 Å². The molecule has 1 saturated heterocycles. The second-order valence-electron chi connectivity index (χ2n) is 4.84. The molecule has 0 spiro atoms. The average molecular weight is 250 g/mol. The number of hydrogen-bond donors (Lipinski definition) is 1. The largest absolute Gasteiger partial charge is 0.399 e. The number of hydrogen-bond acceptors (Lipinski definition) is 3. The Balaban J connectivity index is 1.75. The van der Waals surface area contributed by atoms with Crippen molar-refractivity contribution < 1.29 is 0 Å². The molecule has 1 unspecified atom stereocenters. The van der Waals surface area contributed by atoms with Gasteiger partial charge >= 0.3 is 0 Å². The highest BCUT2D eigenvalue weighted by atomic mass is 32.2. The van der Waals surface area contributed by atoms with Crippen molar-refractivity contribution >= 4 is 17.4 Å². The van der Waals surface area contributed by atoms with Gasteiger partial charge in [0.1, 0.15) is 0 Å². The van der Waals surface area contributed by atoms with Gasteiger partial charge in [-0.05, 0) is 56.8 Å². The van der Waals surface area contributed by atoms with Crippen molar-refractivity contribution in [2.24, 2.45) is 0 Å². The van der Waals surface area contributed by atoms with Crippen LogP contribution in [0.25, 0.3) is 0 Å². The monoisotopic (exact) mass is 250 g/mol. The van der Waals surface area contributed by atoms with Crippen molar-refractivity contribution in [1.29, 1.82) is 0 Å². The van der Waals surface area contributed by atoms with E-state index in [0.29, 0.717) is 0 Å². The lowest BCUT2D eigenvalue weighted by Crippen LogP contribution is -2.36. The van der Waals surface area contributed by atoms with Crippen LogP contribution >= 0.6 is 11.8 Å². The summed E-state index contributed by atoms with van der Waals surface area (Å²) in [4.78, 5) is 3.81. The summed E-state index contributed by atoms with van der Waals surface area (Å²) in [5, 5.41) is 0. The SMILES string of the molecule is CN1CCCCC1CCSc1cccc(N)c1. The van der Waals surface area contributed by atoms with Crippen LogP contribution in [-0.4, -0.2) is 30.3 Å². The molecule has 1 aliphatic heterocycles. The number of likely N-dealkylation sites (tertiary alicyclic amines) is 1. The highest BCUT2D eigenvalue weighted by Gasteiger charge is 2.18. The quantitative estimate of drug-likeness (QED) is 0.657. The van der Waals surface area contributed by atoms with E-state index in [1.54, 1.807) is 0 Å². The minimum atomic E-state index is 0.789. The molecule has 1 fully saturated rings. The molecule has 17 heavy (non-hydrogen) atoms. The maximum atomic E-state index is 5.77. The van der Waals surface area contributed by atoms with E-state index in [1.165, 1.54) is 42.9 Å². The van der Waals surface area contributed by atoms with Gasteiger partial charge in [-0.2, -0.15) is 0 Å². The molecule has 1 aromatic carbocycles. The van der Waals surface area contributed by atoms with E-state index in [1.807, 2.05) is 23.9 Å². The molecule has 0 bridgehead atoms. The number of benzene rings is 1. The van der Waals surface area contributed by atoms with E-state index < -0.39 is 0 Å². The maximum Gasteiger partial charge on any atom is 0.0325 e. The van der Waals surface area contributed by atoms with E-state index in [4.69, 9.17) is 5.73 Å². The van der Waals surface area contributed by atoms with Crippen molar-refractivity contribution in [3.8, 4) is 0 Å². The highest BCUT2D eigenvalue weighted by molar-refractivity contribution is 7.99. The Kier molecular flexibility index (Phi) is 4.75. The molecular weight excluding hydrogens is 228 g/mol. The highest BCUT2D eigenvalue weighted by Crippen LogP contribution is 2.24. The first-order valence-electron chi connectivity index (χ1n) is 6.44. The van der Waals surface area contributed by atoms with Crippen molar-refractivity contribution in [2.45, 2.75) is 36.6 Å². The first-order chi connectivity index (χ1) is 8.25. The van der Waals surface area contributed by atoms with Crippen molar-refractivity contribution in [2.75, 3.05) is 25.1 Å². The molecule has 1 heterocycles. The van der Waals surface area contributed by atoms with Gasteiger partial charge in [-0.25, -0.2) is 0 Å². The zero-order chi connectivity index (χ0) is 12.1. The summed E-state index contributed by atoms with van der Waals surface area (Å²) in [6.07, 6.45) is 5.43. The average Bonchev–Trinajstić information content (AvgIpc) is 2.32. The second-order valence-corrected chi connectivity index (χ2v) is 6.01. The molecule has 2 N–H and O–H groups in total. The van der Waals surface area contributed by atoms with Gasteiger partial charge in [0.2, 0.25) is 0 Å². The van der Waals surface area contributed by atoms with Crippen molar-refractivity contribution in [1.82, 2.24) is 4.90 Å². The van der Waals surface area contributed by atoms with Crippen LogP contribution in [0.4, 0.5) is 5.69 Å². The van der Waals surface area contributed by atoms with Gasteiger partial charge in [0.25, 0.3) is 0 Å². The second kappa shape index (κ2) is 6.31. The fourth-order valence-corrected chi connectivity index (χ4v) is 3.45. The molecule has 0 aromatic heterocycles. The zero-order valence-corrected chi connectivity index (χ0v) is 11.4. The molecular formula is C14H22N2S. The Labute approximate surface area is 109 Å². The van der Waals surface area contributed by atoms with Gasteiger partial charge in [0, 0.05) is 16.6 Å². The predicted octanol–water partition coefficient (Wildman–Crippen LogP) is 3.24.